The highest BCUT2D eigenvalue weighted by Gasteiger charge is 2.19. The molecule has 2 heterocycles. The summed E-state index contributed by atoms with van der Waals surface area (Å²) in [5.41, 5.74) is 2.82. The van der Waals surface area contributed by atoms with E-state index in [1.807, 2.05) is 35.9 Å². The van der Waals surface area contributed by atoms with E-state index in [0.717, 1.165) is 15.7 Å². The van der Waals surface area contributed by atoms with Crippen LogP contribution in [-0.2, 0) is 11.8 Å². The summed E-state index contributed by atoms with van der Waals surface area (Å²) in [6.07, 6.45) is 0. The van der Waals surface area contributed by atoms with E-state index in [2.05, 4.69) is 20.6 Å². The number of benzene rings is 2. The van der Waals surface area contributed by atoms with Crippen LogP contribution in [0.15, 0.2) is 36.4 Å². The minimum absolute atomic E-state index is 0.170. The Hall–Kier alpha value is -3.17. The molecule has 1 atom stereocenters. The van der Waals surface area contributed by atoms with Crippen LogP contribution < -0.4 is 10.6 Å². The lowest BCUT2D eigenvalue weighted by atomic mass is 10.1. The Bertz CT molecular complexity index is 1310. The predicted octanol–water partition coefficient (Wildman–Crippen LogP) is 3.79. The number of rotatable bonds is 5. The lowest BCUT2D eigenvalue weighted by molar-refractivity contribution is -0.130. The minimum Gasteiger partial charge on any atom is -0.347 e. The molecule has 0 aliphatic carbocycles. The standard InChI is InChI=1S/C21H21ClN6O2S/c1-11(19(30)27(2)3)23-18(29)12-5-8-16-15(9-12)24-20(28(16)4)26-21-25-14-7-6-13(22)10-17(14)31-21/h5-11H,1-4H3,(H,23,29)(H,24,25,26). The Morgan fingerprint density at radius 1 is 1.13 bits per heavy atom. The number of nitrogens with one attached hydrogen (secondary N) is 2. The van der Waals surface area contributed by atoms with E-state index < -0.39 is 6.04 Å². The Balaban J connectivity index is 1.58. The maximum Gasteiger partial charge on any atom is 0.251 e. The Labute approximate surface area is 187 Å². The number of aromatic nitrogens is 3. The molecule has 0 aliphatic heterocycles. The summed E-state index contributed by atoms with van der Waals surface area (Å²) in [7, 11) is 5.19. The first-order valence-corrected chi connectivity index (χ1v) is 10.7. The molecule has 2 N–H and O–H groups in total. The molecule has 0 saturated heterocycles. The molecule has 2 aromatic heterocycles. The van der Waals surface area contributed by atoms with Crippen LogP contribution >= 0.6 is 22.9 Å². The summed E-state index contributed by atoms with van der Waals surface area (Å²) in [6.45, 7) is 1.66. The Kier molecular flexibility index (Phi) is 5.55. The van der Waals surface area contributed by atoms with Gasteiger partial charge in [0, 0.05) is 31.7 Å². The topological polar surface area (TPSA) is 92.1 Å². The van der Waals surface area contributed by atoms with Gasteiger partial charge in [0.05, 0.1) is 21.3 Å². The first-order chi connectivity index (χ1) is 14.7. The number of imidazole rings is 1. The van der Waals surface area contributed by atoms with E-state index >= 15 is 0 Å². The molecular weight excluding hydrogens is 436 g/mol. The molecule has 0 spiro atoms. The van der Waals surface area contributed by atoms with Crippen LogP contribution in [0.4, 0.5) is 11.1 Å². The number of nitrogens with zero attached hydrogens (tertiary/aromatic N) is 4. The van der Waals surface area contributed by atoms with Crippen molar-refractivity contribution in [2.75, 3.05) is 19.4 Å². The largest absolute Gasteiger partial charge is 0.347 e. The third kappa shape index (κ3) is 4.19. The highest BCUT2D eigenvalue weighted by atomic mass is 35.5. The fourth-order valence-electron chi connectivity index (χ4n) is 3.23. The number of anilines is 2. The van der Waals surface area contributed by atoms with Gasteiger partial charge in [0.15, 0.2) is 5.13 Å². The van der Waals surface area contributed by atoms with Gasteiger partial charge in [-0.3, -0.25) is 9.59 Å². The van der Waals surface area contributed by atoms with E-state index in [1.54, 1.807) is 33.2 Å². The van der Waals surface area contributed by atoms with Gasteiger partial charge in [-0.15, -0.1) is 0 Å². The van der Waals surface area contributed by atoms with Gasteiger partial charge in [-0.1, -0.05) is 22.9 Å². The fraction of sp³-hybridized carbons (Fsp3) is 0.238. The average molecular weight is 457 g/mol. The SMILES string of the molecule is CC(NC(=O)c1ccc2c(c1)nc(Nc1nc3ccc(Cl)cc3s1)n2C)C(=O)N(C)C. The minimum atomic E-state index is -0.619. The third-order valence-corrected chi connectivity index (χ3v) is 6.04. The molecule has 160 valence electrons. The van der Waals surface area contributed by atoms with Gasteiger partial charge < -0.3 is 20.1 Å². The molecule has 0 aliphatic rings. The maximum absolute atomic E-state index is 12.6. The van der Waals surface area contributed by atoms with Crippen molar-refractivity contribution in [3.63, 3.8) is 0 Å². The normalized spacial score (nSPS) is 12.2. The van der Waals surface area contributed by atoms with E-state index in [1.165, 1.54) is 16.2 Å². The van der Waals surface area contributed by atoms with Crippen LogP contribution in [0, 0.1) is 0 Å². The molecule has 8 nitrogen and oxygen atoms in total. The second kappa shape index (κ2) is 8.16. The summed E-state index contributed by atoms with van der Waals surface area (Å²) in [6, 6.07) is 10.2. The fourth-order valence-corrected chi connectivity index (χ4v) is 4.36. The number of fused-ring (bicyclic) bond motifs is 2. The summed E-state index contributed by atoms with van der Waals surface area (Å²) in [5, 5.41) is 7.33. The number of likely N-dealkylation sites (N-methyl/N-ethyl adjacent to an activating group) is 1. The van der Waals surface area contributed by atoms with Crippen molar-refractivity contribution in [1.29, 1.82) is 0 Å². The second-order valence-electron chi connectivity index (χ2n) is 7.38. The first kappa shape index (κ1) is 21.1. The van der Waals surface area contributed by atoms with Crippen LogP contribution in [-0.4, -0.2) is 51.4 Å². The highest BCUT2D eigenvalue weighted by molar-refractivity contribution is 7.22. The van der Waals surface area contributed by atoms with Crippen molar-refractivity contribution >= 4 is 67.1 Å². The van der Waals surface area contributed by atoms with Crippen LogP contribution in [0.25, 0.3) is 21.3 Å². The van der Waals surface area contributed by atoms with Gasteiger partial charge in [0.1, 0.15) is 6.04 Å². The van der Waals surface area contributed by atoms with Crippen LogP contribution in [0.2, 0.25) is 5.02 Å². The van der Waals surface area contributed by atoms with E-state index in [4.69, 9.17) is 11.6 Å². The van der Waals surface area contributed by atoms with Crippen molar-refractivity contribution in [2.45, 2.75) is 13.0 Å². The van der Waals surface area contributed by atoms with Crippen molar-refractivity contribution < 1.29 is 9.59 Å². The lowest BCUT2D eigenvalue weighted by Gasteiger charge is -2.17. The van der Waals surface area contributed by atoms with Gasteiger partial charge >= 0.3 is 0 Å². The molecule has 0 bridgehead atoms. The predicted molar refractivity (Wildman–Crippen MR) is 124 cm³/mol. The number of hydrogen-bond acceptors (Lipinski definition) is 6. The summed E-state index contributed by atoms with van der Waals surface area (Å²) >= 11 is 7.54. The van der Waals surface area contributed by atoms with Gasteiger partial charge in [-0.2, -0.15) is 0 Å². The summed E-state index contributed by atoms with van der Waals surface area (Å²) < 4.78 is 2.88. The number of carbonyl (C=O) groups excluding carboxylic acids is 2. The van der Waals surface area contributed by atoms with Crippen molar-refractivity contribution in [1.82, 2.24) is 24.8 Å². The zero-order chi connectivity index (χ0) is 22.3. The molecule has 4 aromatic rings. The maximum atomic E-state index is 12.6. The monoisotopic (exact) mass is 456 g/mol. The number of thiazole rings is 1. The number of aryl methyl sites for hydroxylation is 1. The van der Waals surface area contributed by atoms with Crippen LogP contribution in [0.5, 0.6) is 0 Å². The number of hydrogen-bond donors (Lipinski definition) is 2. The molecular formula is C21H21ClN6O2S. The van der Waals surface area contributed by atoms with Gasteiger partial charge in [0.25, 0.3) is 5.91 Å². The summed E-state index contributed by atoms with van der Waals surface area (Å²) in [4.78, 5) is 35.2. The quantitative estimate of drug-likeness (QED) is 0.476. The molecule has 4 rings (SSSR count). The molecule has 10 heteroatoms. The first-order valence-electron chi connectivity index (χ1n) is 9.54. The van der Waals surface area contributed by atoms with Gasteiger partial charge in [-0.25, -0.2) is 9.97 Å². The van der Waals surface area contributed by atoms with Gasteiger partial charge in [0.2, 0.25) is 11.9 Å². The van der Waals surface area contributed by atoms with E-state index in [9.17, 15) is 9.59 Å². The molecule has 0 fully saturated rings. The van der Waals surface area contributed by atoms with Crippen molar-refractivity contribution in [2.24, 2.45) is 7.05 Å². The Morgan fingerprint density at radius 3 is 2.65 bits per heavy atom. The van der Waals surface area contributed by atoms with Crippen molar-refractivity contribution in [3.05, 3.63) is 47.0 Å². The van der Waals surface area contributed by atoms with E-state index in [-0.39, 0.29) is 11.8 Å². The molecule has 0 saturated carbocycles. The summed E-state index contributed by atoms with van der Waals surface area (Å²) in [5.74, 6) is 0.109. The lowest BCUT2D eigenvalue weighted by Crippen LogP contribution is -2.44. The Morgan fingerprint density at radius 2 is 1.90 bits per heavy atom. The van der Waals surface area contributed by atoms with E-state index in [0.29, 0.717) is 27.2 Å². The third-order valence-electron chi connectivity index (χ3n) is 4.87. The number of halogens is 1. The molecule has 2 aromatic carbocycles. The van der Waals surface area contributed by atoms with Crippen LogP contribution in [0.1, 0.15) is 17.3 Å². The molecule has 1 unspecified atom stereocenters. The number of carbonyl (C=O) groups is 2. The van der Waals surface area contributed by atoms with Crippen LogP contribution in [0.3, 0.4) is 0 Å². The molecule has 0 radical (unpaired) electrons. The second-order valence-corrected chi connectivity index (χ2v) is 8.85. The highest BCUT2D eigenvalue weighted by Crippen LogP contribution is 2.31. The zero-order valence-corrected chi connectivity index (χ0v) is 19.0. The zero-order valence-electron chi connectivity index (χ0n) is 17.4. The number of amides is 2. The molecule has 31 heavy (non-hydrogen) atoms. The van der Waals surface area contributed by atoms with Gasteiger partial charge in [-0.05, 0) is 43.3 Å². The smallest absolute Gasteiger partial charge is 0.251 e. The average Bonchev–Trinajstić information content (AvgIpc) is 3.26. The molecule has 2 amide bonds. The van der Waals surface area contributed by atoms with Crippen molar-refractivity contribution in [3.8, 4) is 0 Å².